The van der Waals surface area contributed by atoms with E-state index in [1.54, 1.807) is 17.5 Å². The maximum absolute atomic E-state index is 6.04. The van der Waals surface area contributed by atoms with Gasteiger partial charge < -0.3 is 11.1 Å². The van der Waals surface area contributed by atoms with Crippen LogP contribution in [-0.4, -0.2) is 17.6 Å². The summed E-state index contributed by atoms with van der Waals surface area (Å²) in [4.78, 5) is 4.15. The van der Waals surface area contributed by atoms with E-state index in [9.17, 15) is 0 Å². The van der Waals surface area contributed by atoms with Gasteiger partial charge in [-0.2, -0.15) is 0 Å². The van der Waals surface area contributed by atoms with Gasteiger partial charge in [-0.3, -0.25) is 0 Å². The van der Waals surface area contributed by atoms with Gasteiger partial charge in [0.1, 0.15) is 0 Å². The van der Waals surface area contributed by atoms with Gasteiger partial charge in [-0.15, -0.1) is 11.3 Å². The molecule has 0 unspecified atom stereocenters. The van der Waals surface area contributed by atoms with Crippen LogP contribution < -0.4 is 11.1 Å². The Morgan fingerprint density at radius 2 is 2.12 bits per heavy atom. The van der Waals surface area contributed by atoms with E-state index in [4.69, 9.17) is 5.73 Å². The number of rotatable bonds is 5. The van der Waals surface area contributed by atoms with E-state index in [2.05, 4.69) is 22.4 Å². The number of hydrogen-bond donors (Lipinski definition) is 2. The van der Waals surface area contributed by atoms with Crippen LogP contribution in [0.2, 0.25) is 0 Å². The summed E-state index contributed by atoms with van der Waals surface area (Å²) in [6, 6.07) is 10.4. The Labute approximate surface area is 99.3 Å². The van der Waals surface area contributed by atoms with Crippen LogP contribution in [0.3, 0.4) is 0 Å². The van der Waals surface area contributed by atoms with Crippen LogP contribution in [0.15, 0.2) is 41.9 Å². The van der Waals surface area contributed by atoms with E-state index < -0.39 is 0 Å². The third-order valence-electron chi connectivity index (χ3n) is 2.29. The monoisotopic (exact) mass is 233 g/mol. The van der Waals surface area contributed by atoms with Crippen LogP contribution in [0.5, 0.6) is 0 Å². The Morgan fingerprint density at radius 3 is 2.81 bits per heavy atom. The van der Waals surface area contributed by atoms with Crippen molar-refractivity contribution in [3.63, 3.8) is 0 Å². The quantitative estimate of drug-likeness (QED) is 0.831. The second-order valence-electron chi connectivity index (χ2n) is 3.67. The Morgan fingerprint density at radius 1 is 1.31 bits per heavy atom. The maximum atomic E-state index is 6.04. The molecule has 0 amide bonds. The van der Waals surface area contributed by atoms with Gasteiger partial charge in [0.05, 0.1) is 0 Å². The molecule has 0 spiro atoms. The molecule has 0 saturated carbocycles. The lowest BCUT2D eigenvalue weighted by Gasteiger charge is -2.11. The van der Waals surface area contributed by atoms with Gasteiger partial charge in [-0.05, 0) is 12.0 Å². The van der Waals surface area contributed by atoms with Crippen molar-refractivity contribution < 1.29 is 0 Å². The topological polar surface area (TPSA) is 50.9 Å². The summed E-state index contributed by atoms with van der Waals surface area (Å²) < 4.78 is 0. The van der Waals surface area contributed by atoms with Crippen molar-refractivity contribution in [2.24, 2.45) is 5.73 Å². The minimum atomic E-state index is 0.117. The molecule has 2 aromatic rings. The third kappa shape index (κ3) is 3.32. The molecule has 1 aromatic carbocycles. The lowest BCUT2D eigenvalue weighted by Crippen LogP contribution is -2.31. The summed E-state index contributed by atoms with van der Waals surface area (Å²) in [5.74, 6) is 0. The first kappa shape index (κ1) is 11.1. The summed E-state index contributed by atoms with van der Waals surface area (Å²) in [7, 11) is 0. The molecule has 0 bridgehead atoms. The fourth-order valence-electron chi connectivity index (χ4n) is 1.52. The summed E-state index contributed by atoms with van der Waals surface area (Å²) in [5.41, 5.74) is 7.31. The van der Waals surface area contributed by atoms with Crippen molar-refractivity contribution in [2.75, 3.05) is 11.9 Å². The van der Waals surface area contributed by atoms with Gasteiger partial charge >= 0.3 is 0 Å². The van der Waals surface area contributed by atoms with Crippen molar-refractivity contribution in [1.82, 2.24) is 4.98 Å². The summed E-state index contributed by atoms with van der Waals surface area (Å²) in [6.07, 6.45) is 2.68. The zero-order valence-corrected chi connectivity index (χ0v) is 9.78. The van der Waals surface area contributed by atoms with Gasteiger partial charge in [0.15, 0.2) is 5.13 Å². The number of nitrogens with zero attached hydrogens (tertiary/aromatic N) is 1. The molecule has 0 aliphatic carbocycles. The minimum Gasteiger partial charge on any atom is -0.360 e. The maximum Gasteiger partial charge on any atom is 0.182 e. The first-order valence-corrected chi connectivity index (χ1v) is 6.15. The summed E-state index contributed by atoms with van der Waals surface area (Å²) in [5, 5.41) is 6.11. The average Bonchev–Trinajstić information content (AvgIpc) is 2.81. The van der Waals surface area contributed by atoms with Crippen molar-refractivity contribution in [2.45, 2.75) is 12.5 Å². The van der Waals surface area contributed by atoms with Crippen molar-refractivity contribution >= 4 is 16.5 Å². The average molecular weight is 233 g/mol. The number of anilines is 1. The lowest BCUT2D eigenvalue weighted by atomic mass is 10.1. The predicted molar refractivity (Wildman–Crippen MR) is 68.7 cm³/mol. The highest BCUT2D eigenvalue weighted by molar-refractivity contribution is 7.13. The molecule has 1 atom stereocenters. The summed E-state index contributed by atoms with van der Waals surface area (Å²) >= 11 is 1.59. The Bertz CT molecular complexity index is 399. The van der Waals surface area contributed by atoms with Crippen LogP contribution in [-0.2, 0) is 6.42 Å². The second-order valence-corrected chi connectivity index (χ2v) is 4.56. The van der Waals surface area contributed by atoms with Gasteiger partial charge in [0.25, 0.3) is 0 Å². The van der Waals surface area contributed by atoms with Crippen LogP contribution in [0.1, 0.15) is 5.56 Å². The van der Waals surface area contributed by atoms with Crippen LogP contribution in [0, 0.1) is 0 Å². The van der Waals surface area contributed by atoms with E-state index >= 15 is 0 Å². The highest BCUT2D eigenvalue weighted by atomic mass is 32.1. The van der Waals surface area contributed by atoms with Crippen LogP contribution >= 0.6 is 11.3 Å². The molecule has 0 aliphatic heterocycles. The fourth-order valence-corrected chi connectivity index (χ4v) is 2.06. The molecular weight excluding hydrogens is 218 g/mol. The van der Waals surface area contributed by atoms with E-state index in [0.29, 0.717) is 0 Å². The Kier molecular flexibility index (Phi) is 3.91. The predicted octanol–water partition coefficient (Wildman–Crippen LogP) is 2.12. The summed E-state index contributed by atoms with van der Waals surface area (Å²) in [6.45, 7) is 0.752. The van der Waals surface area contributed by atoms with E-state index in [-0.39, 0.29) is 6.04 Å². The smallest absolute Gasteiger partial charge is 0.182 e. The molecule has 2 rings (SSSR count). The Hall–Kier alpha value is -1.39. The fraction of sp³-hybridized carbons (Fsp3) is 0.250. The van der Waals surface area contributed by atoms with Crippen molar-refractivity contribution in [3.05, 3.63) is 47.5 Å². The number of thiazole rings is 1. The molecule has 0 fully saturated rings. The van der Waals surface area contributed by atoms with Gasteiger partial charge in [-0.25, -0.2) is 4.98 Å². The standard InChI is InChI=1S/C12H15N3S/c13-11(8-10-4-2-1-3-5-10)9-15-12-14-6-7-16-12/h1-7,11H,8-9,13H2,(H,14,15)/t11-/m0/s1. The molecule has 0 aliphatic rings. The SMILES string of the molecule is N[C@H](CNc1nccs1)Cc1ccccc1. The number of nitrogens with one attached hydrogen (secondary N) is 1. The van der Waals surface area contributed by atoms with E-state index in [1.807, 2.05) is 23.6 Å². The van der Waals surface area contributed by atoms with Crippen LogP contribution in [0.4, 0.5) is 5.13 Å². The van der Waals surface area contributed by atoms with Gasteiger partial charge in [0, 0.05) is 24.2 Å². The molecule has 0 radical (unpaired) electrons. The van der Waals surface area contributed by atoms with Crippen molar-refractivity contribution in [3.8, 4) is 0 Å². The number of nitrogens with two attached hydrogens (primary N) is 1. The second kappa shape index (κ2) is 5.63. The van der Waals surface area contributed by atoms with Crippen molar-refractivity contribution in [1.29, 1.82) is 0 Å². The highest BCUT2D eigenvalue weighted by Gasteiger charge is 2.04. The minimum absolute atomic E-state index is 0.117. The number of aromatic nitrogens is 1. The van der Waals surface area contributed by atoms with E-state index in [0.717, 1.165) is 18.1 Å². The number of hydrogen-bond acceptors (Lipinski definition) is 4. The van der Waals surface area contributed by atoms with E-state index in [1.165, 1.54) is 5.56 Å². The molecular formula is C12H15N3S. The third-order valence-corrected chi connectivity index (χ3v) is 3.02. The largest absolute Gasteiger partial charge is 0.360 e. The first-order chi connectivity index (χ1) is 7.84. The van der Waals surface area contributed by atoms with Gasteiger partial charge in [0.2, 0.25) is 0 Å². The molecule has 84 valence electrons. The molecule has 0 saturated heterocycles. The first-order valence-electron chi connectivity index (χ1n) is 5.27. The molecule has 4 heteroatoms. The molecule has 3 N–H and O–H groups in total. The van der Waals surface area contributed by atoms with Gasteiger partial charge in [-0.1, -0.05) is 30.3 Å². The van der Waals surface area contributed by atoms with Crippen LogP contribution in [0.25, 0.3) is 0 Å². The normalized spacial score (nSPS) is 12.3. The zero-order chi connectivity index (χ0) is 11.2. The highest BCUT2D eigenvalue weighted by Crippen LogP contribution is 2.10. The molecule has 3 nitrogen and oxygen atoms in total. The lowest BCUT2D eigenvalue weighted by molar-refractivity contribution is 0.699. The zero-order valence-electron chi connectivity index (χ0n) is 8.97. The molecule has 1 aromatic heterocycles. The number of benzene rings is 1. The molecule has 16 heavy (non-hydrogen) atoms. The Balaban J connectivity index is 1.78. The molecule has 1 heterocycles.